The maximum atomic E-state index is 12.1. The van der Waals surface area contributed by atoms with Crippen LogP contribution in [-0.2, 0) is 14.9 Å². The molecule has 1 N–H and O–H groups in total. The van der Waals surface area contributed by atoms with Crippen LogP contribution in [0.4, 0.5) is 5.69 Å². The molecule has 0 spiro atoms. The summed E-state index contributed by atoms with van der Waals surface area (Å²) >= 11 is 0. The molecule has 29 heavy (non-hydrogen) atoms. The molecule has 156 valence electrons. The molecule has 0 bridgehead atoms. The number of nitrogens with one attached hydrogen (secondary N) is 1. The average Bonchev–Trinajstić information content (AvgIpc) is 2.66. The number of esters is 1. The van der Waals surface area contributed by atoms with Gasteiger partial charge in [-0.15, -0.1) is 0 Å². The summed E-state index contributed by atoms with van der Waals surface area (Å²) in [6.45, 7) is 10.9. The summed E-state index contributed by atoms with van der Waals surface area (Å²) < 4.78 is 10.8. The zero-order chi connectivity index (χ0) is 21.4. The topological polar surface area (TPSA) is 64.6 Å². The van der Waals surface area contributed by atoms with Gasteiger partial charge >= 0.3 is 5.97 Å². The lowest BCUT2D eigenvalue weighted by Crippen LogP contribution is -2.20. The monoisotopic (exact) mass is 397 g/mol. The summed E-state index contributed by atoms with van der Waals surface area (Å²) in [5.74, 6) is 0.509. The van der Waals surface area contributed by atoms with Crippen LogP contribution in [0.2, 0.25) is 0 Å². The minimum atomic E-state index is -0.356. The molecule has 5 nitrogen and oxygen atoms in total. The zero-order valence-corrected chi connectivity index (χ0v) is 18.0. The molecular weight excluding hydrogens is 366 g/mol. The molecule has 0 heterocycles. The molecule has 0 aliphatic heterocycles. The molecule has 2 aromatic rings. The van der Waals surface area contributed by atoms with Gasteiger partial charge in [0.1, 0.15) is 5.75 Å². The predicted octanol–water partition coefficient (Wildman–Crippen LogP) is 5.20. The normalized spacial score (nSPS) is 11.2. The molecule has 5 heteroatoms. The number of amides is 1. The summed E-state index contributed by atoms with van der Waals surface area (Å²) in [5, 5.41) is 2.76. The maximum absolute atomic E-state index is 12.1. The van der Waals surface area contributed by atoms with Gasteiger partial charge in [-0.05, 0) is 59.7 Å². The molecule has 2 aromatic carbocycles. The third-order valence-electron chi connectivity index (χ3n) is 4.42. The van der Waals surface area contributed by atoms with Crippen molar-refractivity contribution in [3.8, 4) is 5.75 Å². The van der Waals surface area contributed by atoms with Crippen LogP contribution in [0, 0.1) is 5.92 Å². The summed E-state index contributed by atoms with van der Waals surface area (Å²) in [6.07, 6.45) is 0.832. The number of ether oxygens (including phenoxy) is 2. The Morgan fingerprint density at radius 3 is 2.14 bits per heavy atom. The predicted molar refractivity (Wildman–Crippen MR) is 115 cm³/mol. The van der Waals surface area contributed by atoms with E-state index in [1.807, 2.05) is 24.3 Å². The molecule has 0 saturated carbocycles. The van der Waals surface area contributed by atoms with E-state index < -0.39 is 0 Å². The van der Waals surface area contributed by atoms with Crippen LogP contribution in [0.15, 0.2) is 48.5 Å². The van der Waals surface area contributed by atoms with E-state index in [-0.39, 0.29) is 23.9 Å². The van der Waals surface area contributed by atoms with Gasteiger partial charge in [0.15, 0.2) is 6.61 Å². The van der Waals surface area contributed by atoms with E-state index in [1.54, 1.807) is 24.3 Å². The number of rotatable bonds is 8. The Morgan fingerprint density at radius 2 is 1.59 bits per heavy atom. The van der Waals surface area contributed by atoms with E-state index >= 15 is 0 Å². The summed E-state index contributed by atoms with van der Waals surface area (Å²) in [7, 11) is 0. The largest absolute Gasteiger partial charge is 0.484 e. The first-order valence-corrected chi connectivity index (χ1v) is 9.95. The summed E-state index contributed by atoms with van der Waals surface area (Å²) in [4.78, 5) is 24.1. The minimum absolute atomic E-state index is 0.0723. The van der Waals surface area contributed by atoms with Crippen LogP contribution < -0.4 is 10.1 Å². The van der Waals surface area contributed by atoms with Crippen LogP contribution in [0.25, 0.3) is 0 Å². The van der Waals surface area contributed by atoms with E-state index in [0.29, 0.717) is 29.5 Å². The van der Waals surface area contributed by atoms with Gasteiger partial charge in [-0.1, -0.05) is 46.8 Å². The molecule has 0 aromatic heterocycles. The van der Waals surface area contributed by atoms with Crippen molar-refractivity contribution in [2.24, 2.45) is 5.92 Å². The highest BCUT2D eigenvalue weighted by Crippen LogP contribution is 2.24. The fraction of sp³-hybridized carbons (Fsp3) is 0.417. The van der Waals surface area contributed by atoms with Crippen LogP contribution in [0.3, 0.4) is 0 Å². The Bertz CT molecular complexity index is 802. The van der Waals surface area contributed by atoms with Gasteiger partial charge in [0.05, 0.1) is 12.2 Å². The minimum Gasteiger partial charge on any atom is -0.484 e. The van der Waals surface area contributed by atoms with Crippen molar-refractivity contribution in [2.75, 3.05) is 18.5 Å². The molecule has 2 rings (SSSR count). The quantitative estimate of drug-likeness (QED) is 0.622. The Labute approximate surface area is 173 Å². The van der Waals surface area contributed by atoms with Crippen LogP contribution in [0.1, 0.15) is 57.0 Å². The molecule has 0 atom stereocenters. The average molecular weight is 398 g/mol. The molecule has 0 unspecified atom stereocenters. The van der Waals surface area contributed by atoms with Crippen molar-refractivity contribution >= 4 is 17.6 Å². The third kappa shape index (κ3) is 7.60. The lowest BCUT2D eigenvalue weighted by Gasteiger charge is -2.19. The van der Waals surface area contributed by atoms with Gasteiger partial charge in [0, 0.05) is 5.69 Å². The van der Waals surface area contributed by atoms with Crippen molar-refractivity contribution in [2.45, 2.75) is 46.5 Å². The SMILES string of the molecule is CC(C)CCOC(=O)c1ccc(NC(=O)COc2ccc(C(C)(C)C)cc2)cc1. The second-order valence-electron chi connectivity index (χ2n) is 8.51. The molecular formula is C24H31NO4. The number of carbonyl (C=O) groups excluding carboxylic acids is 2. The molecule has 0 saturated heterocycles. The highest BCUT2D eigenvalue weighted by atomic mass is 16.5. The first kappa shape index (κ1) is 22.5. The molecule has 0 fully saturated rings. The summed E-state index contributed by atoms with van der Waals surface area (Å²) in [5.41, 5.74) is 2.34. The van der Waals surface area contributed by atoms with E-state index in [2.05, 4.69) is 39.9 Å². The molecule has 1 amide bonds. The van der Waals surface area contributed by atoms with E-state index in [1.165, 1.54) is 5.56 Å². The number of anilines is 1. The summed E-state index contributed by atoms with van der Waals surface area (Å²) in [6, 6.07) is 14.4. The van der Waals surface area contributed by atoms with Gasteiger partial charge in [-0.3, -0.25) is 4.79 Å². The Balaban J connectivity index is 1.81. The van der Waals surface area contributed by atoms with Crippen LogP contribution in [-0.4, -0.2) is 25.1 Å². The lowest BCUT2D eigenvalue weighted by atomic mass is 9.87. The zero-order valence-electron chi connectivity index (χ0n) is 18.0. The van der Waals surface area contributed by atoms with Gasteiger partial charge in [0.25, 0.3) is 5.91 Å². The Hall–Kier alpha value is -2.82. The van der Waals surface area contributed by atoms with E-state index in [0.717, 1.165) is 6.42 Å². The first-order chi connectivity index (χ1) is 13.6. The Morgan fingerprint density at radius 1 is 0.966 bits per heavy atom. The van der Waals surface area contributed by atoms with Crippen molar-refractivity contribution in [3.05, 3.63) is 59.7 Å². The second kappa shape index (κ2) is 10.1. The number of benzene rings is 2. The Kier molecular flexibility index (Phi) is 7.82. The van der Waals surface area contributed by atoms with Crippen LogP contribution in [0.5, 0.6) is 5.75 Å². The maximum Gasteiger partial charge on any atom is 0.338 e. The van der Waals surface area contributed by atoms with Gasteiger partial charge < -0.3 is 14.8 Å². The first-order valence-electron chi connectivity index (χ1n) is 9.95. The second-order valence-corrected chi connectivity index (χ2v) is 8.51. The third-order valence-corrected chi connectivity index (χ3v) is 4.42. The van der Waals surface area contributed by atoms with Crippen molar-refractivity contribution in [1.29, 1.82) is 0 Å². The fourth-order valence-electron chi connectivity index (χ4n) is 2.56. The fourth-order valence-corrected chi connectivity index (χ4v) is 2.56. The van der Waals surface area contributed by atoms with Crippen molar-refractivity contribution < 1.29 is 19.1 Å². The van der Waals surface area contributed by atoms with Crippen molar-refractivity contribution in [1.82, 2.24) is 0 Å². The highest BCUT2D eigenvalue weighted by Gasteiger charge is 2.13. The van der Waals surface area contributed by atoms with E-state index in [9.17, 15) is 9.59 Å². The number of carbonyl (C=O) groups is 2. The highest BCUT2D eigenvalue weighted by molar-refractivity contribution is 5.93. The number of hydrogen-bond acceptors (Lipinski definition) is 4. The van der Waals surface area contributed by atoms with Crippen molar-refractivity contribution in [3.63, 3.8) is 0 Å². The molecule has 0 aliphatic carbocycles. The van der Waals surface area contributed by atoms with Gasteiger partial charge in [-0.25, -0.2) is 4.79 Å². The molecule has 0 radical (unpaired) electrons. The molecule has 0 aliphatic rings. The standard InChI is InChI=1S/C24H31NO4/c1-17(2)14-15-28-23(27)18-6-10-20(11-7-18)25-22(26)16-29-21-12-8-19(9-13-21)24(3,4)5/h6-13,17H,14-16H2,1-5H3,(H,25,26). The van der Waals surface area contributed by atoms with E-state index in [4.69, 9.17) is 9.47 Å². The number of hydrogen-bond donors (Lipinski definition) is 1. The smallest absolute Gasteiger partial charge is 0.338 e. The lowest BCUT2D eigenvalue weighted by molar-refractivity contribution is -0.118. The van der Waals surface area contributed by atoms with Gasteiger partial charge in [0.2, 0.25) is 0 Å². The van der Waals surface area contributed by atoms with Gasteiger partial charge in [-0.2, -0.15) is 0 Å². The van der Waals surface area contributed by atoms with Crippen LogP contribution >= 0.6 is 0 Å².